The summed E-state index contributed by atoms with van der Waals surface area (Å²) >= 11 is 0. The lowest BCUT2D eigenvalue weighted by Gasteiger charge is -2.62. The van der Waals surface area contributed by atoms with E-state index in [1.54, 1.807) is 0 Å². The van der Waals surface area contributed by atoms with E-state index >= 15 is 0 Å². The lowest BCUT2D eigenvalue weighted by atomic mass is 9.44. The van der Waals surface area contributed by atoms with Gasteiger partial charge in [0.25, 0.3) is 0 Å². The lowest BCUT2D eigenvalue weighted by molar-refractivity contribution is -0.152. The van der Waals surface area contributed by atoms with Crippen molar-refractivity contribution in [1.82, 2.24) is 0 Å². The molecule has 0 aromatic rings. The maximum atomic E-state index is 11.6. The molecular weight excluding hydrogens is 504 g/mol. The van der Waals surface area contributed by atoms with Gasteiger partial charge in [-0.15, -0.1) is 6.58 Å². The van der Waals surface area contributed by atoms with Crippen LogP contribution in [0.5, 0.6) is 0 Å². The minimum atomic E-state index is -4.82. The third kappa shape index (κ3) is 5.59. The molecule has 0 saturated heterocycles. The maximum Gasteiger partial charge on any atom is 0.397 e. The highest BCUT2D eigenvalue weighted by atomic mass is 32.3. The summed E-state index contributed by atoms with van der Waals surface area (Å²) in [4.78, 5) is 0. The summed E-state index contributed by atoms with van der Waals surface area (Å²) in [6, 6.07) is 0. The second-order valence-electron chi connectivity index (χ2n) is 12.6. The minimum absolute atomic E-state index is 0.131. The first kappa shape index (κ1) is 28.5. The normalized spacial score (nSPS) is 43.8. The molecule has 8 nitrogen and oxygen atoms in total. The van der Waals surface area contributed by atoms with Gasteiger partial charge in [-0.3, -0.25) is 9.11 Å². The SMILES string of the molecule is C=CCCC[C@@H](C)[C@H]1CC[C@H]2[C@@H]3CCC4C[C@H](OS(=O)(=O)O)[C@@H](OS(=O)(=O)O)C[C@]4(C)[C@H]3CC[C@]12C. The summed E-state index contributed by atoms with van der Waals surface area (Å²) in [6.07, 6.45) is 10.4. The van der Waals surface area contributed by atoms with Gasteiger partial charge in [0.05, 0.1) is 0 Å². The monoisotopic (exact) mass is 548 g/mol. The Labute approximate surface area is 217 Å². The van der Waals surface area contributed by atoms with Gasteiger partial charge in [0.1, 0.15) is 12.2 Å². The first-order valence-corrected chi connectivity index (χ1v) is 16.3. The van der Waals surface area contributed by atoms with Gasteiger partial charge in [0.15, 0.2) is 0 Å². The van der Waals surface area contributed by atoms with Gasteiger partial charge >= 0.3 is 20.8 Å². The van der Waals surface area contributed by atoms with Gasteiger partial charge in [0.2, 0.25) is 0 Å². The molecule has 0 aromatic heterocycles. The number of hydrogen-bond acceptors (Lipinski definition) is 6. The zero-order chi connectivity index (χ0) is 26.5. The largest absolute Gasteiger partial charge is 0.397 e. The highest BCUT2D eigenvalue weighted by Gasteiger charge is 2.62. The third-order valence-electron chi connectivity index (χ3n) is 11.0. The fourth-order valence-corrected chi connectivity index (χ4v) is 10.5. The Bertz CT molecular complexity index is 1030. The van der Waals surface area contributed by atoms with Crippen LogP contribution in [0.15, 0.2) is 12.7 Å². The molecule has 4 aliphatic rings. The van der Waals surface area contributed by atoms with Crippen molar-refractivity contribution >= 4 is 20.8 Å². The van der Waals surface area contributed by atoms with Gasteiger partial charge in [-0.25, -0.2) is 8.37 Å². The van der Waals surface area contributed by atoms with Crippen LogP contribution >= 0.6 is 0 Å². The van der Waals surface area contributed by atoms with Crippen LogP contribution in [0.3, 0.4) is 0 Å². The van der Waals surface area contributed by atoms with E-state index in [0.717, 1.165) is 32.1 Å². The Hall–Kier alpha value is -0.520. The quantitative estimate of drug-likeness (QED) is 0.216. The van der Waals surface area contributed by atoms with Crippen LogP contribution in [0.2, 0.25) is 0 Å². The van der Waals surface area contributed by atoms with Gasteiger partial charge < -0.3 is 0 Å². The Morgan fingerprint density at radius 2 is 1.58 bits per heavy atom. The van der Waals surface area contributed by atoms with Crippen molar-refractivity contribution in [2.75, 3.05) is 0 Å². The van der Waals surface area contributed by atoms with Crippen molar-refractivity contribution in [2.24, 2.45) is 46.3 Å². The fourth-order valence-electron chi connectivity index (χ4n) is 9.51. The molecule has 4 saturated carbocycles. The topological polar surface area (TPSA) is 127 Å². The number of rotatable bonds is 9. The summed E-state index contributed by atoms with van der Waals surface area (Å²) in [7, 11) is -9.62. The summed E-state index contributed by atoms with van der Waals surface area (Å²) in [6.45, 7) is 11.0. The molecule has 4 fully saturated rings. The van der Waals surface area contributed by atoms with E-state index < -0.39 is 33.0 Å². The molecular formula is C26H44O8S2. The second kappa shape index (κ2) is 10.2. The molecule has 0 spiro atoms. The Balaban J connectivity index is 1.55. The lowest BCUT2D eigenvalue weighted by Crippen LogP contribution is -2.57. The van der Waals surface area contributed by atoms with Crippen molar-refractivity contribution in [3.05, 3.63) is 12.7 Å². The molecule has 208 valence electrons. The van der Waals surface area contributed by atoms with E-state index in [1.165, 1.54) is 25.7 Å². The van der Waals surface area contributed by atoms with Crippen LogP contribution in [0, 0.1) is 46.3 Å². The van der Waals surface area contributed by atoms with Crippen LogP contribution in [0.4, 0.5) is 0 Å². The van der Waals surface area contributed by atoms with Crippen LogP contribution in [-0.4, -0.2) is 38.1 Å². The third-order valence-corrected chi connectivity index (χ3v) is 11.9. The summed E-state index contributed by atoms with van der Waals surface area (Å²) in [5, 5.41) is 0. The van der Waals surface area contributed by atoms with Crippen LogP contribution in [-0.2, 0) is 29.2 Å². The molecule has 0 radical (unpaired) electrons. The van der Waals surface area contributed by atoms with Crippen LogP contribution < -0.4 is 0 Å². The summed E-state index contributed by atoms with van der Waals surface area (Å²) < 4.78 is 74.6. The molecule has 10 atom stereocenters. The smallest absolute Gasteiger partial charge is 0.264 e. The fraction of sp³-hybridized carbons (Fsp3) is 0.923. The molecule has 1 unspecified atom stereocenters. The van der Waals surface area contributed by atoms with Crippen LogP contribution in [0.25, 0.3) is 0 Å². The Morgan fingerprint density at radius 3 is 2.22 bits per heavy atom. The van der Waals surface area contributed by atoms with Crippen molar-refractivity contribution in [3.63, 3.8) is 0 Å². The van der Waals surface area contributed by atoms with E-state index in [4.69, 9.17) is 8.37 Å². The minimum Gasteiger partial charge on any atom is -0.264 e. The van der Waals surface area contributed by atoms with E-state index in [0.29, 0.717) is 35.0 Å². The number of unbranched alkanes of at least 4 members (excludes halogenated alkanes) is 1. The molecule has 10 heteroatoms. The number of allylic oxidation sites excluding steroid dienone is 1. The molecule has 0 aromatic carbocycles. The highest BCUT2D eigenvalue weighted by molar-refractivity contribution is 7.81. The first-order valence-electron chi connectivity index (χ1n) is 13.6. The molecule has 2 N–H and O–H groups in total. The molecule has 36 heavy (non-hydrogen) atoms. The van der Waals surface area contributed by atoms with E-state index in [1.807, 2.05) is 6.08 Å². The van der Waals surface area contributed by atoms with E-state index in [2.05, 4.69) is 27.4 Å². The number of hydrogen-bond donors (Lipinski definition) is 2. The second-order valence-corrected chi connectivity index (χ2v) is 14.7. The van der Waals surface area contributed by atoms with Gasteiger partial charge in [-0.1, -0.05) is 33.3 Å². The van der Waals surface area contributed by atoms with Crippen molar-refractivity contribution < 1.29 is 34.3 Å². The molecule has 4 rings (SSSR count). The Kier molecular flexibility index (Phi) is 8.09. The number of fused-ring (bicyclic) bond motifs is 5. The molecule has 0 aliphatic heterocycles. The summed E-state index contributed by atoms with van der Waals surface area (Å²) in [5.41, 5.74) is 0.0555. The molecule has 4 aliphatic carbocycles. The van der Waals surface area contributed by atoms with Gasteiger partial charge in [-0.05, 0) is 111 Å². The van der Waals surface area contributed by atoms with Crippen molar-refractivity contribution in [2.45, 2.75) is 104 Å². The van der Waals surface area contributed by atoms with Crippen molar-refractivity contribution in [1.29, 1.82) is 0 Å². The Morgan fingerprint density at radius 1 is 0.944 bits per heavy atom. The van der Waals surface area contributed by atoms with Crippen molar-refractivity contribution in [3.8, 4) is 0 Å². The molecule has 0 bridgehead atoms. The maximum absolute atomic E-state index is 11.6. The van der Waals surface area contributed by atoms with E-state index in [-0.39, 0.29) is 24.2 Å². The average Bonchev–Trinajstić information content (AvgIpc) is 3.10. The van der Waals surface area contributed by atoms with Gasteiger partial charge in [-0.2, -0.15) is 16.8 Å². The predicted octanol–water partition coefficient (Wildman–Crippen LogP) is 5.62. The zero-order valence-electron chi connectivity index (χ0n) is 21.8. The highest BCUT2D eigenvalue weighted by Crippen LogP contribution is 2.68. The first-order chi connectivity index (χ1) is 16.7. The zero-order valence-corrected chi connectivity index (χ0v) is 23.5. The average molecular weight is 549 g/mol. The molecule has 0 heterocycles. The standard InChI is InChI=1S/C26H44O8S2/c1-5-6-7-8-17(2)20-11-12-21-19-10-9-18-15-23(33-35(27,28)29)24(34-36(30,31)32)16-26(18,4)22(19)13-14-25(20,21)3/h5,17-24H,1,6-16H2,2-4H3,(H,27,28,29)(H,30,31,32)/t17-,18?,19+,20-,21+,22+,23+,24+,25-,26+/m1/s1. The summed E-state index contributed by atoms with van der Waals surface area (Å²) in [5.74, 6) is 3.08. The molecule has 0 amide bonds. The van der Waals surface area contributed by atoms with E-state index in [9.17, 15) is 25.9 Å². The van der Waals surface area contributed by atoms with Crippen LogP contribution in [0.1, 0.15) is 91.4 Å². The predicted molar refractivity (Wildman–Crippen MR) is 137 cm³/mol. The van der Waals surface area contributed by atoms with Gasteiger partial charge in [0, 0.05) is 0 Å².